The molecule has 3 atom stereocenters. The van der Waals surface area contributed by atoms with Crippen molar-refractivity contribution >= 4 is 5.71 Å². The summed E-state index contributed by atoms with van der Waals surface area (Å²) in [6, 6.07) is 11.0. The van der Waals surface area contributed by atoms with E-state index in [0.717, 1.165) is 30.8 Å². The molecule has 3 rings (SSSR count). The highest BCUT2D eigenvalue weighted by molar-refractivity contribution is 5.88. The number of nitrogens with one attached hydrogen (secondary N) is 1. The molecule has 22 heavy (non-hydrogen) atoms. The molecule has 2 aliphatic rings. The molecule has 0 amide bonds. The van der Waals surface area contributed by atoms with E-state index in [1.165, 1.54) is 5.56 Å². The standard InChI is InChI=1S/C17H24N5/c1-12-17(21-14(10-18)11-20-12)22-8-7-15(19)16(22)9-13-5-3-2-4-6-13/h2-6,15-17,21H,7-10,18-19H2,1H3. The van der Waals surface area contributed by atoms with Crippen molar-refractivity contribution in [2.75, 3.05) is 13.1 Å². The van der Waals surface area contributed by atoms with Crippen LogP contribution in [0.1, 0.15) is 18.9 Å². The molecule has 1 aromatic carbocycles. The minimum Gasteiger partial charge on any atom is -0.365 e. The summed E-state index contributed by atoms with van der Waals surface area (Å²) in [7, 11) is 0. The summed E-state index contributed by atoms with van der Waals surface area (Å²) in [5.41, 5.74) is 15.3. The van der Waals surface area contributed by atoms with Crippen molar-refractivity contribution in [3.8, 4) is 0 Å². The lowest BCUT2D eigenvalue weighted by Crippen LogP contribution is -2.56. The van der Waals surface area contributed by atoms with E-state index in [2.05, 4.69) is 45.7 Å². The molecule has 0 aromatic heterocycles. The first-order valence-corrected chi connectivity index (χ1v) is 7.87. The zero-order chi connectivity index (χ0) is 15.5. The van der Waals surface area contributed by atoms with E-state index < -0.39 is 0 Å². The molecule has 0 aliphatic carbocycles. The van der Waals surface area contributed by atoms with Gasteiger partial charge in [-0.3, -0.25) is 9.89 Å². The number of benzene rings is 1. The Kier molecular flexibility index (Phi) is 4.57. The van der Waals surface area contributed by atoms with Gasteiger partial charge in [0.15, 0.2) is 0 Å². The predicted molar refractivity (Wildman–Crippen MR) is 89.1 cm³/mol. The maximum atomic E-state index is 6.38. The quantitative estimate of drug-likeness (QED) is 0.761. The minimum atomic E-state index is 0.0714. The Morgan fingerprint density at radius 2 is 2.14 bits per heavy atom. The normalized spacial score (nSPS) is 29.0. The molecule has 0 spiro atoms. The summed E-state index contributed by atoms with van der Waals surface area (Å²) in [5, 5.41) is 3.45. The van der Waals surface area contributed by atoms with Gasteiger partial charge in [-0.1, -0.05) is 30.3 Å². The Morgan fingerprint density at radius 3 is 2.86 bits per heavy atom. The molecular weight excluding hydrogens is 274 g/mol. The lowest BCUT2D eigenvalue weighted by atomic mass is 10.00. The fraction of sp³-hybridized carbons (Fsp3) is 0.471. The molecule has 0 saturated carbocycles. The van der Waals surface area contributed by atoms with E-state index in [9.17, 15) is 0 Å². The highest BCUT2D eigenvalue weighted by atomic mass is 15.3. The fourth-order valence-electron chi connectivity index (χ4n) is 3.29. The Balaban J connectivity index is 1.77. The van der Waals surface area contributed by atoms with Crippen molar-refractivity contribution < 1.29 is 0 Å². The molecule has 5 N–H and O–H groups in total. The van der Waals surface area contributed by atoms with Gasteiger partial charge in [-0.05, 0) is 25.3 Å². The van der Waals surface area contributed by atoms with Gasteiger partial charge in [0.25, 0.3) is 0 Å². The number of nitrogens with two attached hydrogens (primary N) is 2. The molecule has 1 aromatic rings. The highest BCUT2D eigenvalue weighted by Crippen LogP contribution is 2.24. The number of nitrogens with zero attached hydrogens (tertiary/aromatic N) is 2. The first-order chi connectivity index (χ1) is 10.7. The van der Waals surface area contributed by atoms with Crippen LogP contribution in [0.3, 0.4) is 0 Å². The van der Waals surface area contributed by atoms with Gasteiger partial charge in [0, 0.05) is 25.2 Å². The van der Waals surface area contributed by atoms with Crippen LogP contribution in [-0.4, -0.2) is 42.0 Å². The molecule has 2 aliphatic heterocycles. The topological polar surface area (TPSA) is 79.7 Å². The summed E-state index contributed by atoms with van der Waals surface area (Å²) < 4.78 is 0. The summed E-state index contributed by atoms with van der Waals surface area (Å²) >= 11 is 0. The van der Waals surface area contributed by atoms with Crippen LogP contribution in [-0.2, 0) is 6.42 Å². The third-order valence-electron chi connectivity index (χ3n) is 4.54. The first kappa shape index (κ1) is 15.2. The second-order valence-corrected chi connectivity index (χ2v) is 6.04. The smallest absolute Gasteiger partial charge is 0.119 e. The van der Waals surface area contributed by atoms with Gasteiger partial charge in [-0.2, -0.15) is 0 Å². The van der Waals surface area contributed by atoms with Gasteiger partial charge in [-0.25, -0.2) is 0 Å². The lowest BCUT2D eigenvalue weighted by molar-refractivity contribution is 0.194. The highest BCUT2D eigenvalue weighted by Gasteiger charge is 2.38. The molecular formula is C17H24N5. The Bertz CT molecular complexity index is 566. The number of aliphatic imine (C=N–C) groups is 1. The van der Waals surface area contributed by atoms with E-state index >= 15 is 0 Å². The van der Waals surface area contributed by atoms with Crippen molar-refractivity contribution in [3.05, 3.63) is 47.8 Å². The predicted octanol–water partition coefficient (Wildman–Crippen LogP) is 0.624. The average Bonchev–Trinajstić information content (AvgIpc) is 2.90. The van der Waals surface area contributed by atoms with E-state index in [0.29, 0.717) is 12.6 Å². The molecule has 2 heterocycles. The van der Waals surface area contributed by atoms with Crippen molar-refractivity contribution in [3.63, 3.8) is 0 Å². The second-order valence-electron chi connectivity index (χ2n) is 6.04. The maximum absolute atomic E-state index is 6.38. The van der Waals surface area contributed by atoms with Crippen LogP contribution in [0.25, 0.3) is 0 Å². The van der Waals surface area contributed by atoms with Crippen molar-refractivity contribution in [2.45, 2.75) is 38.0 Å². The first-order valence-electron chi connectivity index (χ1n) is 7.87. The zero-order valence-corrected chi connectivity index (χ0v) is 13.0. The monoisotopic (exact) mass is 298 g/mol. The van der Waals surface area contributed by atoms with E-state index in [1.807, 2.05) is 13.0 Å². The van der Waals surface area contributed by atoms with Crippen LogP contribution in [0.2, 0.25) is 0 Å². The Labute approximate surface area is 132 Å². The number of hydrogen-bond acceptors (Lipinski definition) is 5. The van der Waals surface area contributed by atoms with Crippen LogP contribution in [0.5, 0.6) is 0 Å². The van der Waals surface area contributed by atoms with Crippen LogP contribution in [0.15, 0.2) is 41.0 Å². The Hall–Kier alpha value is -1.69. The zero-order valence-electron chi connectivity index (χ0n) is 13.0. The molecule has 1 saturated heterocycles. The third kappa shape index (κ3) is 3.06. The van der Waals surface area contributed by atoms with Crippen molar-refractivity contribution in [1.82, 2.24) is 10.2 Å². The van der Waals surface area contributed by atoms with Crippen LogP contribution in [0.4, 0.5) is 0 Å². The van der Waals surface area contributed by atoms with Gasteiger partial charge >= 0.3 is 0 Å². The fourth-order valence-corrected chi connectivity index (χ4v) is 3.29. The molecule has 5 heteroatoms. The lowest BCUT2D eigenvalue weighted by Gasteiger charge is -2.36. The van der Waals surface area contributed by atoms with Crippen molar-refractivity contribution in [2.24, 2.45) is 16.5 Å². The van der Waals surface area contributed by atoms with E-state index in [4.69, 9.17) is 11.5 Å². The number of rotatable bonds is 4. The SMILES string of the molecule is CC1=N[C]=C(CN)NC1N1CCC(N)C1Cc1ccccc1. The Morgan fingerprint density at radius 1 is 1.36 bits per heavy atom. The molecule has 1 fully saturated rings. The van der Waals surface area contributed by atoms with Crippen LogP contribution in [0, 0.1) is 6.20 Å². The van der Waals surface area contributed by atoms with Gasteiger partial charge < -0.3 is 16.8 Å². The van der Waals surface area contributed by atoms with Gasteiger partial charge in [0.2, 0.25) is 0 Å². The van der Waals surface area contributed by atoms with Gasteiger partial charge in [0.1, 0.15) is 12.4 Å². The largest absolute Gasteiger partial charge is 0.365 e. The second kappa shape index (κ2) is 6.60. The summed E-state index contributed by atoms with van der Waals surface area (Å²) in [6.07, 6.45) is 5.00. The maximum Gasteiger partial charge on any atom is 0.119 e. The number of likely N-dealkylation sites (tertiary alicyclic amines) is 1. The summed E-state index contributed by atoms with van der Waals surface area (Å²) in [5.74, 6) is 0. The summed E-state index contributed by atoms with van der Waals surface area (Å²) in [6.45, 7) is 3.43. The van der Waals surface area contributed by atoms with Gasteiger partial charge in [0.05, 0.1) is 11.4 Å². The van der Waals surface area contributed by atoms with Crippen molar-refractivity contribution in [1.29, 1.82) is 0 Å². The molecule has 3 unspecified atom stereocenters. The van der Waals surface area contributed by atoms with Crippen LogP contribution < -0.4 is 16.8 Å². The molecule has 117 valence electrons. The molecule has 0 bridgehead atoms. The number of hydrogen-bond donors (Lipinski definition) is 3. The average molecular weight is 298 g/mol. The third-order valence-corrected chi connectivity index (χ3v) is 4.54. The minimum absolute atomic E-state index is 0.0714. The molecule has 5 nitrogen and oxygen atoms in total. The van der Waals surface area contributed by atoms with E-state index in [-0.39, 0.29) is 12.2 Å². The summed E-state index contributed by atoms with van der Waals surface area (Å²) in [4.78, 5) is 6.80. The van der Waals surface area contributed by atoms with E-state index in [1.54, 1.807) is 0 Å². The van der Waals surface area contributed by atoms with Crippen LogP contribution >= 0.6 is 0 Å². The van der Waals surface area contributed by atoms with Gasteiger partial charge in [-0.15, -0.1) is 0 Å². The molecule has 1 radical (unpaired) electrons.